The van der Waals surface area contributed by atoms with Crippen LogP contribution in [0.3, 0.4) is 0 Å². The third-order valence-corrected chi connectivity index (χ3v) is 5.53. The Labute approximate surface area is 147 Å². The molecule has 3 rings (SSSR count). The van der Waals surface area contributed by atoms with Crippen LogP contribution in [0.5, 0.6) is 5.75 Å². The monoisotopic (exact) mass is 351 g/mol. The van der Waals surface area contributed by atoms with Crippen LogP contribution in [0.25, 0.3) is 0 Å². The molecule has 6 nitrogen and oxygen atoms in total. The van der Waals surface area contributed by atoms with Crippen molar-refractivity contribution in [3.8, 4) is 5.75 Å². The van der Waals surface area contributed by atoms with Crippen LogP contribution in [-0.4, -0.2) is 84.2 Å². The van der Waals surface area contributed by atoms with Crippen molar-refractivity contribution in [2.75, 3.05) is 57.5 Å². The van der Waals surface area contributed by atoms with Gasteiger partial charge in [-0.15, -0.1) is 0 Å². The lowest BCUT2D eigenvalue weighted by molar-refractivity contribution is -0.135. The van der Waals surface area contributed by atoms with Crippen LogP contribution in [0.2, 0.25) is 0 Å². The molecule has 2 aliphatic heterocycles. The van der Waals surface area contributed by atoms with E-state index in [4.69, 9.17) is 9.47 Å². The van der Waals surface area contributed by atoms with Crippen molar-refractivity contribution in [1.29, 1.82) is 0 Å². The molecule has 1 aromatic rings. The number of morpholine rings is 1. The number of hydrogen-bond acceptors (Lipinski definition) is 6. The Bertz CT molecular complexity index is 511. The number of carbonyl (C=O) groups is 1. The maximum atomic E-state index is 12.7. The number of thioether (sulfide) groups is 1. The first-order valence-electron chi connectivity index (χ1n) is 8.53. The van der Waals surface area contributed by atoms with Gasteiger partial charge in [0.1, 0.15) is 5.75 Å². The highest BCUT2D eigenvalue weighted by molar-refractivity contribution is 7.99. The van der Waals surface area contributed by atoms with Crippen LogP contribution in [0.15, 0.2) is 24.5 Å². The summed E-state index contributed by atoms with van der Waals surface area (Å²) in [7, 11) is 0. The van der Waals surface area contributed by atoms with Gasteiger partial charge in [-0.3, -0.25) is 14.7 Å². The number of nitrogens with zero attached hydrogens (tertiary/aromatic N) is 3. The molecule has 0 N–H and O–H groups in total. The van der Waals surface area contributed by atoms with Crippen molar-refractivity contribution < 1.29 is 14.3 Å². The van der Waals surface area contributed by atoms with Crippen molar-refractivity contribution in [2.45, 2.75) is 12.5 Å². The maximum absolute atomic E-state index is 12.7. The van der Waals surface area contributed by atoms with Gasteiger partial charge in [0.2, 0.25) is 0 Å². The summed E-state index contributed by atoms with van der Waals surface area (Å²) in [5.74, 6) is 2.82. The molecule has 132 valence electrons. The summed E-state index contributed by atoms with van der Waals surface area (Å²) in [5.41, 5.74) is 0. The molecular weight excluding hydrogens is 326 g/mol. The van der Waals surface area contributed by atoms with Crippen LogP contribution < -0.4 is 4.74 Å². The van der Waals surface area contributed by atoms with Crippen molar-refractivity contribution in [1.82, 2.24) is 14.8 Å². The van der Waals surface area contributed by atoms with Crippen LogP contribution >= 0.6 is 11.8 Å². The lowest BCUT2D eigenvalue weighted by Crippen LogP contribution is -2.51. The molecule has 1 amide bonds. The zero-order valence-corrected chi connectivity index (χ0v) is 14.7. The highest BCUT2D eigenvalue weighted by Gasteiger charge is 2.28. The van der Waals surface area contributed by atoms with Gasteiger partial charge in [0.15, 0.2) is 6.61 Å². The number of amides is 1. The molecule has 1 unspecified atom stereocenters. The Balaban J connectivity index is 1.57. The first kappa shape index (κ1) is 17.5. The topological polar surface area (TPSA) is 54.9 Å². The van der Waals surface area contributed by atoms with Gasteiger partial charge in [-0.25, -0.2) is 0 Å². The molecule has 0 spiro atoms. The van der Waals surface area contributed by atoms with E-state index in [9.17, 15) is 4.79 Å². The summed E-state index contributed by atoms with van der Waals surface area (Å²) in [6, 6.07) is 3.88. The molecule has 3 heterocycles. The molecule has 0 bridgehead atoms. The van der Waals surface area contributed by atoms with E-state index >= 15 is 0 Å². The van der Waals surface area contributed by atoms with E-state index in [0.717, 1.165) is 57.3 Å². The van der Waals surface area contributed by atoms with E-state index < -0.39 is 0 Å². The minimum absolute atomic E-state index is 0.0691. The second-order valence-electron chi connectivity index (χ2n) is 6.06. The fraction of sp³-hybridized carbons (Fsp3) is 0.647. The lowest BCUT2D eigenvalue weighted by Gasteiger charge is -2.35. The molecule has 2 aliphatic rings. The van der Waals surface area contributed by atoms with E-state index in [1.54, 1.807) is 12.4 Å². The fourth-order valence-electron chi connectivity index (χ4n) is 3.05. The van der Waals surface area contributed by atoms with E-state index in [1.807, 2.05) is 28.8 Å². The number of hydrogen-bond donors (Lipinski definition) is 0. The molecule has 1 atom stereocenters. The molecule has 0 aromatic carbocycles. The van der Waals surface area contributed by atoms with Gasteiger partial charge in [-0.1, -0.05) is 0 Å². The summed E-state index contributed by atoms with van der Waals surface area (Å²) < 4.78 is 11.0. The molecule has 0 radical (unpaired) electrons. The van der Waals surface area contributed by atoms with Gasteiger partial charge in [-0.2, -0.15) is 11.8 Å². The number of rotatable bonds is 5. The molecule has 0 aliphatic carbocycles. The van der Waals surface area contributed by atoms with Gasteiger partial charge in [0.25, 0.3) is 5.91 Å². The average molecular weight is 351 g/mol. The third-order valence-electron chi connectivity index (χ3n) is 4.33. The minimum atomic E-state index is 0.0691. The van der Waals surface area contributed by atoms with Crippen LogP contribution in [-0.2, 0) is 9.53 Å². The Morgan fingerprint density at radius 1 is 1.38 bits per heavy atom. The Morgan fingerprint density at radius 2 is 2.25 bits per heavy atom. The lowest BCUT2D eigenvalue weighted by atomic mass is 10.2. The SMILES string of the molecule is O=C(COc1cccnc1)N1CCCSCC1CN1CCOCC1. The highest BCUT2D eigenvalue weighted by Crippen LogP contribution is 2.18. The normalized spacial score (nSPS) is 22.8. The van der Waals surface area contributed by atoms with Crippen LogP contribution in [0, 0.1) is 0 Å². The van der Waals surface area contributed by atoms with Gasteiger partial charge in [0, 0.05) is 38.1 Å². The van der Waals surface area contributed by atoms with E-state index in [-0.39, 0.29) is 18.6 Å². The first-order valence-corrected chi connectivity index (χ1v) is 9.68. The molecule has 0 saturated carbocycles. The summed E-state index contributed by atoms with van der Waals surface area (Å²) in [6.45, 7) is 5.31. The molecule has 24 heavy (non-hydrogen) atoms. The smallest absolute Gasteiger partial charge is 0.260 e. The minimum Gasteiger partial charge on any atom is -0.482 e. The second-order valence-corrected chi connectivity index (χ2v) is 7.21. The molecular formula is C17H25N3O3S. The number of pyridine rings is 1. The summed E-state index contributed by atoms with van der Waals surface area (Å²) in [6.07, 6.45) is 4.37. The zero-order chi connectivity index (χ0) is 16.6. The molecule has 1 aromatic heterocycles. The Morgan fingerprint density at radius 3 is 3.04 bits per heavy atom. The van der Waals surface area contributed by atoms with E-state index in [1.165, 1.54) is 0 Å². The predicted octanol–water partition coefficient (Wildman–Crippen LogP) is 1.13. The first-order chi connectivity index (χ1) is 11.8. The molecule has 2 fully saturated rings. The van der Waals surface area contributed by atoms with Crippen molar-refractivity contribution in [3.63, 3.8) is 0 Å². The summed E-state index contributed by atoms with van der Waals surface area (Å²) in [5, 5.41) is 0. The predicted molar refractivity (Wildman–Crippen MR) is 94.4 cm³/mol. The van der Waals surface area contributed by atoms with Gasteiger partial charge in [-0.05, 0) is 24.3 Å². The van der Waals surface area contributed by atoms with E-state index in [2.05, 4.69) is 9.88 Å². The van der Waals surface area contributed by atoms with Crippen molar-refractivity contribution in [3.05, 3.63) is 24.5 Å². The second kappa shape index (κ2) is 9.25. The fourth-order valence-corrected chi connectivity index (χ4v) is 4.11. The Hall–Kier alpha value is -1.31. The molecule has 7 heteroatoms. The zero-order valence-electron chi connectivity index (χ0n) is 13.9. The van der Waals surface area contributed by atoms with Gasteiger partial charge in [0.05, 0.1) is 25.5 Å². The highest BCUT2D eigenvalue weighted by atomic mass is 32.2. The third kappa shape index (κ3) is 5.09. The Kier molecular flexibility index (Phi) is 6.75. The number of aromatic nitrogens is 1. The largest absolute Gasteiger partial charge is 0.482 e. The van der Waals surface area contributed by atoms with Gasteiger partial charge < -0.3 is 14.4 Å². The van der Waals surface area contributed by atoms with Crippen LogP contribution in [0.4, 0.5) is 0 Å². The maximum Gasteiger partial charge on any atom is 0.260 e. The summed E-state index contributed by atoms with van der Waals surface area (Å²) >= 11 is 1.95. The van der Waals surface area contributed by atoms with Crippen molar-refractivity contribution in [2.24, 2.45) is 0 Å². The number of ether oxygens (including phenoxy) is 2. The molecule has 2 saturated heterocycles. The standard InChI is InChI=1S/C17H25N3O3S/c21-17(13-23-16-3-1-4-18-11-16)20-5-2-10-24-14-15(20)12-19-6-8-22-9-7-19/h1,3-4,11,15H,2,5-10,12-14H2. The average Bonchev–Trinajstić information content (AvgIpc) is 2.87. The van der Waals surface area contributed by atoms with Gasteiger partial charge >= 0.3 is 0 Å². The quantitative estimate of drug-likeness (QED) is 0.793. The van der Waals surface area contributed by atoms with Crippen molar-refractivity contribution >= 4 is 17.7 Å². The number of carbonyl (C=O) groups excluding carboxylic acids is 1. The van der Waals surface area contributed by atoms with E-state index in [0.29, 0.717) is 5.75 Å². The van der Waals surface area contributed by atoms with Crippen LogP contribution in [0.1, 0.15) is 6.42 Å². The summed E-state index contributed by atoms with van der Waals surface area (Å²) in [4.78, 5) is 21.1.